The van der Waals surface area contributed by atoms with Gasteiger partial charge in [0.2, 0.25) is 0 Å². The number of anilines is 1. The molecule has 0 radical (unpaired) electrons. The molecule has 0 bridgehead atoms. The lowest BCUT2D eigenvalue weighted by atomic mass is 9.77. The fourth-order valence-corrected chi connectivity index (χ4v) is 5.68. The molecule has 4 heterocycles. The van der Waals surface area contributed by atoms with E-state index in [0.29, 0.717) is 12.1 Å². The van der Waals surface area contributed by atoms with Crippen molar-refractivity contribution >= 4 is 5.82 Å². The van der Waals surface area contributed by atoms with Crippen molar-refractivity contribution in [3.05, 3.63) is 52.7 Å². The molecule has 0 amide bonds. The first-order valence-corrected chi connectivity index (χ1v) is 12.4. The highest BCUT2D eigenvalue weighted by Crippen LogP contribution is 2.45. The molecule has 2 saturated heterocycles. The second kappa shape index (κ2) is 9.24. The standard InChI is InChI=1S/C27H38N4O2/c1-19-7-5-6-8-22(19)23-17-30(11-10-28-23)16-21-15-29-26(31-12-14-32-18-20(31)2)25-24(21)27(3,4)9-13-33-25/h5-8,15,20,23,28H,9-14,16-18H2,1-4H3. The van der Waals surface area contributed by atoms with E-state index in [1.807, 2.05) is 0 Å². The van der Waals surface area contributed by atoms with Gasteiger partial charge in [0.1, 0.15) is 0 Å². The van der Waals surface area contributed by atoms with Crippen molar-refractivity contribution in [2.45, 2.75) is 58.2 Å². The molecule has 3 aliphatic heterocycles. The molecule has 2 aromatic rings. The number of hydrogen-bond acceptors (Lipinski definition) is 6. The Balaban J connectivity index is 1.44. The van der Waals surface area contributed by atoms with E-state index < -0.39 is 0 Å². The van der Waals surface area contributed by atoms with Gasteiger partial charge >= 0.3 is 0 Å². The Hall–Kier alpha value is -2.15. The van der Waals surface area contributed by atoms with Crippen LogP contribution in [0.5, 0.6) is 5.75 Å². The van der Waals surface area contributed by atoms with Gasteiger partial charge in [-0.15, -0.1) is 0 Å². The lowest BCUT2D eigenvalue weighted by Gasteiger charge is -2.41. The molecular formula is C27H38N4O2. The lowest BCUT2D eigenvalue weighted by molar-refractivity contribution is 0.0978. The molecule has 6 heteroatoms. The van der Waals surface area contributed by atoms with Crippen LogP contribution in [0.15, 0.2) is 30.5 Å². The molecule has 2 atom stereocenters. The van der Waals surface area contributed by atoms with E-state index in [1.165, 1.54) is 22.3 Å². The number of nitrogens with zero attached hydrogens (tertiary/aromatic N) is 3. The molecule has 6 nitrogen and oxygen atoms in total. The highest BCUT2D eigenvalue weighted by Gasteiger charge is 2.37. The van der Waals surface area contributed by atoms with E-state index in [4.69, 9.17) is 14.5 Å². The van der Waals surface area contributed by atoms with Crippen molar-refractivity contribution in [2.24, 2.45) is 0 Å². The Kier molecular flexibility index (Phi) is 6.34. The molecule has 5 rings (SSSR count). The highest BCUT2D eigenvalue weighted by molar-refractivity contribution is 5.62. The van der Waals surface area contributed by atoms with E-state index in [1.54, 1.807) is 0 Å². The molecule has 1 N–H and O–H groups in total. The summed E-state index contributed by atoms with van der Waals surface area (Å²) >= 11 is 0. The molecule has 178 valence electrons. The van der Waals surface area contributed by atoms with Crippen LogP contribution < -0.4 is 15.0 Å². The van der Waals surface area contributed by atoms with Crippen molar-refractivity contribution in [1.82, 2.24) is 15.2 Å². The second-order valence-corrected chi connectivity index (χ2v) is 10.5. The maximum absolute atomic E-state index is 6.35. The Morgan fingerprint density at radius 3 is 2.85 bits per heavy atom. The third-order valence-electron chi connectivity index (χ3n) is 7.60. The third-order valence-corrected chi connectivity index (χ3v) is 7.60. The largest absolute Gasteiger partial charge is 0.489 e. The summed E-state index contributed by atoms with van der Waals surface area (Å²) in [5.41, 5.74) is 5.49. The van der Waals surface area contributed by atoms with Crippen LogP contribution in [-0.2, 0) is 16.7 Å². The van der Waals surface area contributed by atoms with Crippen LogP contribution >= 0.6 is 0 Å². The van der Waals surface area contributed by atoms with Crippen LogP contribution in [0.1, 0.15) is 55.5 Å². The minimum Gasteiger partial charge on any atom is -0.489 e. The van der Waals surface area contributed by atoms with E-state index in [9.17, 15) is 0 Å². The maximum atomic E-state index is 6.35. The van der Waals surface area contributed by atoms with Gasteiger partial charge in [-0.25, -0.2) is 4.98 Å². The Morgan fingerprint density at radius 2 is 2.03 bits per heavy atom. The topological polar surface area (TPSA) is 49.9 Å². The molecule has 2 fully saturated rings. The normalized spacial score (nSPS) is 25.4. The number of fused-ring (bicyclic) bond motifs is 1. The summed E-state index contributed by atoms with van der Waals surface area (Å²) < 4.78 is 12.0. The summed E-state index contributed by atoms with van der Waals surface area (Å²) in [4.78, 5) is 9.94. The predicted octanol–water partition coefficient (Wildman–Crippen LogP) is 3.82. The van der Waals surface area contributed by atoms with Crippen LogP contribution in [-0.4, -0.2) is 61.9 Å². The Labute approximate surface area is 198 Å². The minimum absolute atomic E-state index is 0.0690. The predicted molar refractivity (Wildman–Crippen MR) is 132 cm³/mol. The van der Waals surface area contributed by atoms with E-state index in [-0.39, 0.29) is 5.41 Å². The van der Waals surface area contributed by atoms with Gasteiger partial charge in [-0.3, -0.25) is 4.90 Å². The molecule has 0 saturated carbocycles. The number of morpholine rings is 1. The zero-order chi connectivity index (χ0) is 23.0. The van der Waals surface area contributed by atoms with E-state index in [0.717, 1.165) is 70.5 Å². The number of aromatic nitrogens is 1. The minimum atomic E-state index is 0.0690. The number of aryl methyl sites for hydroxylation is 1. The number of piperazine rings is 1. The van der Waals surface area contributed by atoms with E-state index in [2.05, 4.69) is 73.3 Å². The lowest BCUT2D eigenvalue weighted by Crippen LogP contribution is -2.46. The van der Waals surface area contributed by atoms with Crippen LogP contribution in [0.3, 0.4) is 0 Å². The van der Waals surface area contributed by atoms with Gasteiger partial charge in [-0.2, -0.15) is 0 Å². The van der Waals surface area contributed by atoms with E-state index >= 15 is 0 Å². The summed E-state index contributed by atoms with van der Waals surface area (Å²) in [6, 6.07) is 9.40. The molecule has 0 aliphatic carbocycles. The van der Waals surface area contributed by atoms with Crippen molar-refractivity contribution in [3.63, 3.8) is 0 Å². The smallest absolute Gasteiger partial charge is 0.172 e. The Morgan fingerprint density at radius 1 is 1.18 bits per heavy atom. The molecule has 2 unspecified atom stereocenters. The first kappa shape index (κ1) is 22.6. The van der Waals surface area contributed by atoms with Crippen molar-refractivity contribution in [3.8, 4) is 5.75 Å². The van der Waals surface area contributed by atoms with Gasteiger partial charge in [0.05, 0.1) is 25.9 Å². The first-order valence-electron chi connectivity index (χ1n) is 12.4. The molecule has 1 aromatic carbocycles. The van der Waals surface area contributed by atoms with Gasteiger partial charge < -0.3 is 19.7 Å². The average Bonchev–Trinajstić information content (AvgIpc) is 2.80. The zero-order valence-electron chi connectivity index (χ0n) is 20.6. The van der Waals surface area contributed by atoms with Gasteiger partial charge in [0, 0.05) is 50.5 Å². The molecule has 33 heavy (non-hydrogen) atoms. The summed E-state index contributed by atoms with van der Waals surface area (Å²) in [6.07, 6.45) is 3.15. The fourth-order valence-electron chi connectivity index (χ4n) is 5.68. The summed E-state index contributed by atoms with van der Waals surface area (Å²) in [6.45, 7) is 16.2. The Bertz CT molecular complexity index is 992. The van der Waals surface area contributed by atoms with Crippen LogP contribution in [0.2, 0.25) is 0 Å². The molecular weight excluding hydrogens is 412 g/mol. The van der Waals surface area contributed by atoms with Crippen LogP contribution in [0, 0.1) is 6.92 Å². The maximum Gasteiger partial charge on any atom is 0.172 e. The summed E-state index contributed by atoms with van der Waals surface area (Å²) in [5.74, 6) is 2.00. The number of nitrogens with one attached hydrogen (secondary N) is 1. The van der Waals surface area contributed by atoms with Crippen LogP contribution in [0.25, 0.3) is 0 Å². The second-order valence-electron chi connectivity index (χ2n) is 10.5. The average molecular weight is 451 g/mol. The molecule has 0 spiro atoms. The number of benzene rings is 1. The molecule has 1 aromatic heterocycles. The quantitative estimate of drug-likeness (QED) is 0.764. The van der Waals surface area contributed by atoms with Crippen molar-refractivity contribution in [1.29, 1.82) is 0 Å². The number of pyridine rings is 1. The highest BCUT2D eigenvalue weighted by atomic mass is 16.5. The van der Waals surface area contributed by atoms with Gasteiger partial charge in [-0.1, -0.05) is 38.1 Å². The van der Waals surface area contributed by atoms with Gasteiger partial charge in [0.15, 0.2) is 11.6 Å². The first-order chi connectivity index (χ1) is 15.9. The van der Waals surface area contributed by atoms with Gasteiger partial charge in [-0.05, 0) is 42.4 Å². The molecule has 3 aliphatic rings. The SMILES string of the molecule is Cc1ccccc1C1CN(Cc2cnc(N3CCOCC3C)c3c2C(C)(C)CCO3)CCN1. The third kappa shape index (κ3) is 4.48. The fraction of sp³-hybridized carbons (Fsp3) is 0.593. The number of rotatable bonds is 4. The summed E-state index contributed by atoms with van der Waals surface area (Å²) in [7, 11) is 0. The van der Waals surface area contributed by atoms with Crippen molar-refractivity contribution < 1.29 is 9.47 Å². The van der Waals surface area contributed by atoms with Crippen LogP contribution in [0.4, 0.5) is 5.82 Å². The zero-order valence-corrected chi connectivity index (χ0v) is 20.6. The monoisotopic (exact) mass is 450 g/mol. The summed E-state index contributed by atoms with van der Waals surface area (Å²) in [5, 5.41) is 3.73. The van der Waals surface area contributed by atoms with Crippen molar-refractivity contribution in [2.75, 3.05) is 50.9 Å². The number of ether oxygens (including phenoxy) is 2. The van der Waals surface area contributed by atoms with Gasteiger partial charge in [0.25, 0.3) is 0 Å². The number of hydrogen-bond donors (Lipinski definition) is 1.